The Labute approximate surface area is 191 Å². The summed E-state index contributed by atoms with van der Waals surface area (Å²) in [7, 11) is 2.19. The smallest absolute Gasteiger partial charge is 0.254 e. The normalized spacial score (nSPS) is 17.5. The summed E-state index contributed by atoms with van der Waals surface area (Å²) in [5.74, 6) is 0.0773. The Morgan fingerprint density at radius 2 is 1.86 bits per heavy atom. The average Bonchev–Trinajstić information content (AvgIpc) is 3.09. The van der Waals surface area contributed by atoms with E-state index in [9.17, 15) is 4.79 Å². The van der Waals surface area contributed by atoms with Crippen molar-refractivity contribution in [1.29, 1.82) is 0 Å². The maximum atomic E-state index is 13.4. The summed E-state index contributed by atoms with van der Waals surface area (Å²) in [4.78, 5) is 17.8. The quantitative estimate of drug-likeness (QED) is 0.432. The first kappa shape index (κ1) is 22.3. The summed E-state index contributed by atoms with van der Waals surface area (Å²) in [5, 5.41) is 0. The molecule has 1 aliphatic rings. The molecule has 1 unspecified atom stereocenters. The van der Waals surface area contributed by atoms with Gasteiger partial charge >= 0.3 is 0 Å². The first-order chi connectivity index (χ1) is 13.9. The molecule has 0 aliphatic carbocycles. The van der Waals surface area contributed by atoms with Crippen LogP contribution in [0.4, 0.5) is 0 Å². The summed E-state index contributed by atoms with van der Waals surface area (Å²) in [6.45, 7) is 4.65. The van der Waals surface area contributed by atoms with Crippen molar-refractivity contribution in [3.63, 3.8) is 0 Å². The van der Waals surface area contributed by atoms with E-state index in [0.717, 1.165) is 34.0 Å². The molecule has 1 fully saturated rings. The minimum Gasteiger partial charge on any atom is -0.335 e. The van der Waals surface area contributed by atoms with Crippen LogP contribution in [0.3, 0.4) is 0 Å². The van der Waals surface area contributed by atoms with Crippen molar-refractivity contribution in [1.82, 2.24) is 9.80 Å². The summed E-state index contributed by atoms with van der Waals surface area (Å²) < 4.78 is 1.81. The number of hydrogen-bond acceptors (Lipinski definition) is 2. The van der Waals surface area contributed by atoms with Crippen LogP contribution in [0.5, 0.6) is 0 Å². The lowest BCUT2D eigenvalue weighted by atomic mass is 10.1. The lowest BCUT2D eigenvalue weighted by Crippen LogP contribution is -2.37. The zero-order chi connectivity index (χ0) is 20.8. The van der Waals surface area contributed by atoms with Crippen LogP contribution in [0.2, 0.25) is 0 Å². The van der Waals surface area contributed by atoms with E-state index in [2.05, 4.69) is 68.9 Å². The molecule has 2 aromatic rings. The molecule has 1 atom stereocenters. The van der Waals surface area contributed by atoms with Crippen LogP contribution < -0.4 is 0 Å². The summed E-state index contributed by atoms with van der Waals surface area (Å²) in [5.41, 5.74) is 3.05. The Morgan fingerprint density at radius 1 is 1.17 bits per heavy atom. The molecule has 1 heterocycles. The standard InChI is InChI=1S/C24H28Br2N2O/c1-18(13-19-7-4-3-5-8-19)17-28(12-10-23-9-6-11-27(23)2)24(29)20-14-21(25)16-22(26)15-20/h3-5,7-8,13-16,23H,6,9-12,17H2,1-2H3. The lowest BCUT2D eigenvalue weighted by molar-refractivity contribution is 0.0757. The SMILES string of the molecule is CC(=Cc1ccccc1)CN(CCC1CCCN1C)C(=O)c1cc(Br)cc(Br)c1. The summed E-state index contributed by atoms with van der Waals surface area (Å²) >= 11 is 7.01. The molecule has 154 valence electrons. The highest BCUT2D eigenvalue weighted by Gasteiger charge is 2.23. The van der Waals surface area contributed by atoms with E-state index < -0.39 is 0 Å². The zero-order valence-electron chi connectivity index (χ0n) is 17.1. The molecule has 0 saturated carbocycles. The number of benzene rings is 2. The number of carbonyl (C=O) groups excluding carboxylic acids is 1. The molecule has 2 aromatic carbocycles. The van der Waals surface area contributed by atoms with Gasteiger partial charge in [0.1, 0.15) is 0 Å². The van der Waals surface area contributed by atoms with E-state index >= 15 is 0 Å². The maximum Gasteiger partial charge on any atom is 0.254 e. The number of rotatable bonds is 7. The molecule has 3 rings (SSSR count). The minimum absolute atomic E-state index is 0.0773. The Hall–Kier alpha value is -1.43. The van der Waals surface area contributed by atoms with Gasteiger partial charge in [0.15, 0.2) is 0 Å². The fraction of sp³-hybridized carbons (Fsp3) is 0.375. The predicted octanol–water partition coefficient (Wildman–Crippen LogP) is 6.24. The summed E-state index contributed by atoms with van der Waals surface area (Å²) in [6.07, 6.45) is 5.65. The Bertz CT molecular complexity index is 846. The summed E-state index contributed by atoms with van der Waals surface area (Å²) in [6, 6.07) is 16.6. The van der Waals surface area contributed by atoms with Gasteiger partial charge < -0.3 is 9.80 Å². The third kappa shape index (κ3) is 6.53. The second-order valence-electron chi connectivity index (χ2n) is 7.85. The fourth-order valence-corrected chi connectivity index (χ4v) is 5.24. The van der Waals surface area contributed by atoms with Gasteiger partial charge in [0.05, 0.1) is 0 Å². The number of halogens is 2. The number of hydrogen-bond donors (Lipinski definition) is 0. The van der Waals surface area contributed by atoms with E-state index in [-0.39, 0.29) is 5.91 Å². The molecule has 0 spiro atoms. The van der Waals surface area contributed by atoms with Crippen molar-refractivity contribution in [2.45, 2.75) is 32.2 Å². The fourth-order valence-electron chi connectivity index (χ4n) is 3.94. The van der Waals surface area contributed by atoms with Crippen LogP contribution in [0.15, 0.2) is 63.0 Å². The van der Waals surface area contributed by atoms with E-state index in [0.29, 0.717) is 18.2 Å². The van der Waals surface area contributed by atoms with Gasteiger partial charge in [0, 0.05) is 33.6 Å². The van der Waals surface area contributed by atoms with Crippen LogP contribution in [0.25, 0.3) is 6.08 Å². The molecule has 0 bridgehead atoms. The number of nitrogens with zero attached hydrogens (tertiary/aromatic N) is 2. The second-order valence-corrected chi connectivity index (χ2v) is 9.68. The number of carbonyl (C=O) groups is 1. The molecule has 3 nitrogen and oxygen atoms in total. The molecular formula is C24H28Br2N2O. The molecular weight excluding hydrogens is 492 g/mol. The van der Waals surface area contributed by atoms with Gasteiger partial charge in [0.25, 0.3) is 5.91 Å². The molecule has 29 heavy (non-hydrogen) atoms. The van der Waals surface area contributed by atoms with Crippen molar-refractivity contribution >= 4 is 43.8 Å². The van der Waals surface area contributed by atoms with E-state index in [1.54, 1.807) is 0 Å². The van der Waals surface area contributed by atoms with Crippen molar-refractivity contribution in [3.8, 4) is 0 Å². The van der Waals surface area contributed by atoms with E-state index in [4.69, 9.17) is 0 Å². The molecule has 0 aromatic heterocycles. The third-order valence-electron chi connectivity index (χ3n) is 5.45. The van der Waals surface area contributed by atoms with Gasteiger partial charge in [-0.25, -0.2) is 0 Å². The number of likely N-dealkylation sites (tertiary alicyclic amines) is 1. The van der Waals surface area contributed by atoms with Crippen molar-refractivity contribution in [3.05, 3.63) is 74.2 Å². The molecule has 1 aliphatic heterocycles. The molecule has 0 N–H and O–H groups in total. The first-order valence-corrected chi connectivity index (χ1v) is 11.7. The van der Waals surface area contributed by atoms with Gasteiger partial charge in [-0.2, -0.15) is 0 Å². The highest BCUT2D eigenvalue weighted by Crippen LogP contribution is 2.23. The largest absolute Gasteiger partial charge is 0.335 e. The topological polar surface area (TPSA) is 23.6 Å². The molecule has 1 saturated heterocycles. The third-order valence-corrected chi connectivity index (χ3v) is 6.37. The van der Waals surface area contributed by atoms with E-state index in [1.807, 2.05) is 41.3 Å². The Morgan fingerprint density at radius 3 is 2.48 bits per heavy atom. The Kier molecular flexibility index (Phi) is 8.10. The lowest BCUT2D eigenvalue weighted by Gasteiger charge is -2.27. The highest BCUT2D eigenvalue weighted by molar-refractivity contribution is 9.11. The second kappa shape index (κ2) is 10.6. The van der Waals surface area contributed by atoms with Crippen LogP contribution in [0.1, 0.15) is 42.1 Å². The van der Waals surface area contributed by atoms with Gasteiger partial charge in [-0.15, -0.1) is 0 Å². The molecule has 5 heteroatoms. The van der Waals surface area contributed by atoms with Crippen LogP contribution in [0, 0.1) is 0 Å². The minimum atomic E-state index is 0.0773. The van der Waals surface area contributed by atoms with Gasteiger partial charge in [-0.1, -0.05) is 73.8 Å². The predicted molar refractivity (Wildman–Crippen MR) is 128 cm³/mol. The first-order valence-electron chi connectivity index (χ1n) is 10.1. The van der Waals surface area contributed by atoms with Gasteiger partial charge in [-0.3, -0.25) is 4.79 Å². The number of amides is 1. The van der Waals surface area contributed by atoms with Crippen LogP contribution in [-0.2, 0) is 0 Å². The highest BCUT2D eigenvalue weighted by atomic mass is 79.9. The van der Waals surface area contributed by atoms with Crippen molar-refractivity contribution in [2.24, 2.45) is 0 Å². The van der Waals surface area contributed by atoms with Crippen molar-refractivity contribution < 1.29 is 4.79 Å². The van der Waals surface area contributed by atoms with E-state index in [1.165, 1.54) is 18.4 Å². The van der Waals surface area contributed by atoms with Crippen LogP contribution in [-0.4, -0.2) is 48.4 Å². The van der Waals surface area contributed by atoms with Crippen LogP contribution >= 0.6 is 31.9 Å². The monoisotopic (exact) mass is 518 g/mol. The maximum absolute atomic E-state index is 13.4. The zero-order valence-corrected chi connectivity index (χ0v) is 20.2. The Balaban J connectivity index is 1.78. The average molecular weight is 520 g/mol. The van der Waals surface area contributed by atoms with Crippen molar-refractivity contribution in [2.75, 3.05) is 26.7 Å². The van der Waals surface area contributed by atoms with Gasteiger partial charge in [0.2, 0.25) is 0 Å². The van der Waals surface area contributed by atoms with Gasteiger partial charge in [-0.05, 0) is 63.5 Å². The molecule has 1 amide bonds. The molecule has 0 radical (unpaired) electrons.